The van der Waals surface area contributed by atoms with Gasteiger partial charge < -0.3 is 19.3 Å². The Kier molecular flexibility index (Phi) is 6.53. The van der Waals surface area contributed by atoms with E-state index in [4.69, 9.17) is 9.47 Å². The molecule has 148 valence electrons. The average Bonchev–Trinajstić information content (AvgIpc) is 3.13. The second-order valence-corrected chi connectivity index (χ2v) is 6.87. The molecular weight excluding hydrogens is 356 g/mol. The molecule has 1 saturated heterocycles. The molecule has 3 rings (SSSR count). The normalized spacial score (nSPS) is 13.5. The van der Waals surface area contributed by atoms with E-state index >= 15 is 0 Å². The molecule has 0 N–H and O–H groups in total. The van der Waals surface area contributed by atoms with Crippen LogP contribution in [0, 0.1) is 0 Å². The number of ether oxygens (including phenoxy) is 2. The second-order valence-electron chi connectivity index (χ2n) is 6.87. The van der Waals surface area contributed by atoms with Crippen LogP contribution in [0.2, 0.25) is 0 Å². The molecule has 28 heavy (non-hydrogen) atoms. The number of methoxy groups -OCH3 is 1. The minimum absolute atomic E-state index is 0.0536. The lowest BCUT2D eigenvalue weighted by Gasteiger charge is -2.18. The largest absolute Gasteiger partial charge is 0.497 e. The van der Waals surface area contributed by atoms with E-state index in [9.17, 15) is 9.59 Å². The third-order valence-corrected chi connectivity index (χ3v) is 4.85. The van der Waals surface area contributed by atoms with Crippen molar-refractivity contribution in [2.75, 3.05) is 33.9 Å². The Bertz CT molecular complexity index is 802. The van der Waals surface area contributed by atoms with Gasteiger partial charge in [-0.25, -0.2) is 0 Å². The van der Waals surface area contributed by atoms with Gasteiger partial charge in [-0.1, -0.05) is 12.1 Å². The molecule has 6 nitrogen and oxygen atoms in total. The monoisotopic (exact) mass is 382 g/mol. The van der Waals surface area contributed by atoms with Crippen LogP contribution < -0.4 is 9.47 Å². The van der Waals surface area contributed by atoms with Crippen LogP contribution in [-0.2, 0) is 11.3 Å². The molecule has 0 aromatic heterocycles. The predicted octanol–water partition coefficient (Wildman–Crippen LogP) is 2.97. The molecular formula is C22H26N2O4. The van der Waals surface area contributed by atoms with Gasteiger partial charge in [0.25, 0.3) is 5.91 Å². The maximum Gasteiger partial charge on any atom is 0.253 e. The van der Waals surface area contributed by atoms with Crippen molar-refractivity contribution in [1.82, 2.24) is 9.80 Å². The maximum absolute atomic E-state index is 12.6. The maximum atomic E-state index is 12.6. The molecule has 0 atom stereocenters. The van der Waals surface area contributed by atoms with E-state index in [-0.39, 0.29) is 11.8 Å². The van der Waals surface area contributed by atoms with Crippen LogP contribution in [0.15, 0.2) is 48.5 Å². The van der Waals surface area contributed by atoms with Crippen molar-refractivity contribution < 1.29 is 19.1 Å². The number of likely N-dealkylation sites (N-methyl/N-ethyl adjacent to an activating group) is 1. The van der Waals surface area contributed by atoms with Crippen LogP contribution in [0.3, 0.4) is 0 Å². The summed E-state index contributed by atoms with van der Waals surface area (Å²) >= 11 is 0. The molecule has 0 spiro atoms. The van der Waals surface area contributed by atoms with Crippen molar-refractivity contribution >= 4 is 11.8 Å². The molecule has 0 radical (unpaired) electrons. The summed E-state index contributed by atoms with van der Waals surface area (Å²) in [5.41, 5.74) is 1.67. The van der Waals surface area contributed by atoms with Gasteiger partial charge in [-0.3, -0.25) is 9.59 Å². The number of hydrogen-bond acceptors (Lipinski definition) is 4. The second kappa shape index (κ2) is 9.26. The highest BCUT2D eigenvalue weighted by Crippen LogP contribution is 2.17. The van der Waals surface area contributed by atoms with Crippen LogP contribution >= 0.6 is 0 Å². The lowest BCUT2D eigenvalue weighted by Crippen LogP contribution is -2.31. The molecule has 0 aliphatic carbocycles. The SMILES string of the molecule is COc1ccc(OCCN(C)C(=O)c2ccc(CN3CCCC3=O)cc2)cc1. The predicted molar refractivity (Wildman–Crippen MR) is 107 cm³/mol. The van der Waals surface area contributed by atoms with Gasteiger partial charge in [-0.2, -0.15) is 0 Å². The van der Waals surface area contributed by atoms with Crippen molar-refractivity contribution in [3.05, 3.63) is 59.7 Å². The number of likely N-dealkylation sites (tertiary alicyclic amines) is 1. The quantitative estimate of drug-likeness (QED) is 0.704. The molecule has 2 aromatic rings. The number of hydrogen-bond donors (Lipinski definition) is 0. The number of benzene rings is 2. The third-order valence-electron chi connectivity index (χ3n) is 4.85. The Morgan fingerprint density at radius 1 is 1.07 bits per heavy atom. The first-order valence-corrected chi connectivity index (χ1v) is 9.46. The number of rotatable bonds is 8. The zero-order chi connectivity index (χ0) is 19.9. The summed E-state index contributed by atoms with van der Waals surface area (Å²) in [5.74, 6) is 1.67. The van der Waals surface area contributed by atoms with Gasteiger partial charge in [0.05, 0.1) is 13.7 Å². The molecule has 1 aliphatic heterocycles. The lowest BCUT2D eigenvalue weighted by molar-refractivity contribution is -0.128. The van der Waals surface area contributed by atoms with E-state index in [1.807, 2.05) is 53.4 Å². The molecule has 0 bridgehead atoms. The van der Waals surface area contributed by atoms with Crippen LogP contribution in [-0.4, -0.2) is 55.5 Å². The number of carbonyl (C=O) groups excluding carboxylic acids is 2. The van der Waals surface area contributed by atoms with E-state index in [0.717, 1.165) is 30.0 Å². The zero-order valence-electron chi connectivity index (χ0n) is 16.4. The zero-order valence-corrected chi connectivity index (χ0v) is 16.4. The van der Waals surface area contributed by atoms with E-state index in [1.165, 1.54) is 0 Å². The Balaban J connectivity index is 1.47. The van der Waals surface area contributed by atoms with Gasteiger partial charge in [0.15, 0.2) is 0 Å². The van der Waals surface area contributed by atoms with E-state index < -0.39 is 0 Å². The highest BCUT2D eigenvalue weighted by Gasteiger charge is 2.20. The summed E-state index contributed by atoms with van der Waals surface area (Å²) in [6.45, 7) is 2.31. The van der Waals surface area contributed by atoms with Crippen LogP contribution in [0.4, 0.5) is 0 Å². The molecule has 1 heterocycles. The molecule has 1 fully saturated rings. The van der Waals surface area contributed by atoms with Crippen molar-refractivity contribution in [3.63, 3.8) is 0 Å². The van der Waals surface area contributed by atoms with Crippen molar-refractivity contribution in [1.29, 1.82) is 0 Å². The molecule has 2 amide bonds. The number of nitrogens with zero attached hydrogens (tertiary/aromatic N) is 2. The van der Waals surface area contributed by atoms with E-state index in [1.54, 1.807) is 19.1 Å². The summed E-state index contributed by atoms with van der Waals surface area (Å²) in [5, 5.41) is 0. The lowest BCUT2D eigenvalue weighted by atomic mass is 10.1. The highest BCUT2D eigenvalue weighted by molar-refractivity contribution is 5.94. The number of carbonyl (C=O) groups is 2. The fourth-order valence-electron chi connectivity index (χ4n) is 3.14. The third kappa shape index (κ3) is 5.03. The topological polar surface area (TPSA) is 59.1 Å². The minimum atomic E-state index is -0.0536. The Labute approximate surface area is 165 Å². The Hall–Kier alpha value is -3.02. The molecule has 6 heteroatoms. The summed E-state index contributed by atoms with van der Waals surface area (Å²) in [6, 6.07) is 14.8. The average molecular weight is 382 g/mol. The fourth-order valence-corrected chi connectivity index (χ4v) is 3.14. The van der Waals surface area contributed by atoms with Gasteiger partial charge in [-0.05, 0) is 48.4 Å². The van der Waals surface area contributed by atoms with Crippen LogP contribution in [0.25, 0.3) is 0 Å². The van der Waals surface area contributed by atoms with Gasteiger partial charge in [0.2, 0.25) is 5.91 Å². The standard InChI is InChI=1S/C22H26N2O4/c1-23(14-15-28-20-11-9-19(27-2)10-12-20)22(26)18-7-5-17(6-8-18)16-24-13-3-4-21(24)25/h5-12H,3-4,13-16H2,1-2H3. The molecule has 2 aromatic carbocycles. The van der Waals surface area contributed by atoms with Crippen LogP contribution in [0.5, 0.6) is 11.5 Å². The van der Waals surface area contributed by atoms with E-state index in [2.05, 4.69) is 0 Å². The minimum Gasteiger partial charge on any atom is -0.497 e. The summed E-state index contributed by atoms with van der Waals surface area (Å²) in [4.78, 5) is 27.8. The van der Waals surface area contributed by atoms with Crippen LogP contribution in [0.1, 0.15) is 28.8 Å². The first-order chi connectivity index (χ1) is 13.6. The van der Waals surface area contributed by atoms with Crippen molar-refractivity contribution in [2.24, 2.45) is 0 Å². The summed E-state index contributed by atoms with van der Waals surface area (Å²) < 4.78 is 10.8. The highest BCUT2D eigenvalue weighted by atomic mass is 16.5. The number of amides is 2. The smallest absolute Gasteiger partial charge is 0.253 e. The first kappa shape index (κ1) is 19.7. The Morgan fingerprint density at radius 3 is 2.36 bits per heavy atom. The van der Waals surface area contributed by atoms with Gasteiger partial charge >= 0.3 is 0 Å². The van der Waals surface area contributed by atoms with Gasteiger partial charge in [0, 0.05) is 32.1 Å². The summed E-state index contributed by atoms with van der Waals surface area (Å²) in [7, 11) is 3.38. The van der Waals surface area contributed by atoms with Gasteiger partial charge in [0.1, 0.15) is 18.1 Å². The Morgan fingerprint density at radius 2 is 1.75 bits per heavy atom. The first-order valence-electron chi connectivity index (χ1n) is 9.46. The molecule has 1 aliphatic rings. The van der Waals surface area contributed by atoms with Gasteiger partial charge in [-0.15, -0.1) is 0 Å². The summed E-state index contributed by atoms with van der Waals surface area (Å²) in [6.07, 6.45) is 1.57. The fraction of sp³-hybridized carbons (Fsp3) is 0.364. The van der Waals surface area contributed by atoms with Crippen molar-refractivity contribution in [3.8, 4) is 11.5 Å². The van der Waals surface area contributed by atoms with E-state index in [0.29, 0.717) is 31.7 Å². The van der Waals surface area contributed by atoms with Crippen molar-refractivity contribution in [2.45, 2.75) is 19.4 Å². The molecule has 0 saturated carbocycles. The molecule has 0 unspecified atom stereocenters.